The number of nitrogens with zero attached hydrogens (tertiary/aromatic N) is 10. The van der Waals surface area contributed by atoms with Gasteiger partial charge in [0.25, 0.3) is 0 Å². The van der Waals surface area contributed by atoms with E-state index in [1.54, 1.807) is 124 Å². The number of carbonyl (C=O) groups is 6. The van der Waals surface area contributed by atoms with Crippen LogP contribution in [0.3, 0.4) is 0 Å². The van der Waals surface area contributed by atoms with Crippen molar-refractivity contribution in [3.8, 4) is 34.8 Å². The van der Waals surface area contributed by atoms with Gasteiger partial charge in [-0.1, -0.05) is 55.7 Å². The van der Waals surface area contributed by atoms with Gasteiger partial charge in [-0.25, -0.2) is 29.1 Å². The van der Waals surface area contributed by atoms with Crippen LogP contribution in [0.1, 0.15) is 223 Å². The van der Waals surface area contributed by atoms with Gasteiger partial charge >= 0.3 is 31.5 Å². The Morgan fingerprint density at radius 3 is 1.29 bits per heavy atom. The summed E-state index contributed by atoms with van der Waals surface area (Å²) < 4.78 is 35.5. The lowest BCUT2D eigenvalue weighted by molar-refractivity contribution is -0.126. The van der Waals surface area contributed by atoms with Crippen LogP contribution in [0.25, 0.3) is 32.9 Å². The molecule has 0 atom stereocenters. The molecule has 5 fully saturated rings. The zero-order valence-corrected chi connectivity index (χ0v) is 68.0. The standard InChI is InChI=1S/C39H47N5O5.C24H34BrN3O4.C21H25BN2O3/c1-37(2,3)48-35(46)44(36(47)49-38(4,5)6)31-23-27(24-40-30(31)14-9-12-21-43-19-10-8-11-20-43)26-15-16-29-28(22-26)33-32(25-41-29)42(7)34(45)39(33)17-13-18-39;1-23(2,3)31-21(29)28(22(30)32-24(4,5)6)20-16-18(25)17-26-19(20)12-8-11-15-27-13-9-7-10-14-27;1-19(2)20(3,4)27-22(26-19)13-7-8-15-14(11-13)17-16(12-23-15)24(5)18(25)21(17)9-6-10-21/h15-16,22-25H,8,10-13,17-21H2,1-7H3;16-17H,7,9-11,13-15H2,1-6H3;7-8,11-12H,6,9-10H2,1-5H3. The van der Waals surface area contributed by atoms with Gasteiger partial charge in [0.05, 0.1) is 68.2 Å². The molecule has 3 saturated heterocycles. The maximum atomic E-state index is 13.8. The van der Waals surface area contributed by atoms with Crippen LogP contribution in [0.15, 0.2) is 77.8 Å². The highest BCUT2D eigenvalue weighted by atomic mass is 79.9. The number of fused-ring (bicyclic) bond motifs is 8. The van der Waals surface area contributed by atoms with E-state index in [4.69, 9.17) is 33.2 Å². The van der Waals surface area contributed by atoms with E-state index in [1.807, 2.05) is 50.6 Å². The molecule has 2 spiro atoms. The van der Waals surface area contributed by atoms with E-state index >= 15 is 0 Å². The molecule has 7 aliphatic rings. The third kappa shape index (κ3) is 17.7. The van der Waals surface area contributed by atoms with Crippen LogP contribution in [0.2, 0.25) is 0 Å². The second kappa shape index (κ2) is 31.5. The van der Waals surface area contributed by atoms with Gasteiger partial charge in [-0.15, -0.1) is 0 Å². The Hall–Kier alpha value is -8.52. The molecule has 0 N–H and O–H groups in total. The third-order valence-corrected chi connectivity index (χ3v) is 21.4. The summed E-state index contributed by atoms with van der Waals surface area (Å²) in [6.45, 7) is 35.2. The first-order chi connectivity index (χ1) is 50.7. The number of likely N-dealkylation sites (tertiary alicyclic amines) is 2. The summed E-state index contributed by atoms with van der Waals surface area (Å²) in [7, 11) is 3.26. The third-order valence-electron chi connectivity index (χ3n) is 21.0. The molecule has 0 unspecified atom stereocenters. The maximum Gasteiger partial charge on any atom is 0.494 e. The fourth-order valence-electron chi connectivity index (χ4n) is 14.7. The van der Waals surface area contributed by atoms with Crippen LogP contribution < -0.4 is 25.1 Å². The summed E-state index contributed by atoms with van der Waals surface area (Å²) >= 11 is 3.37. The number of imide groups is 2. The van der Waals surface area contributed by atoms with Gasteiger partial charge in [0.1, 0.15) is 33.8 Å². The van der Waals surface area contributed by atoms with Crippen molar-refractivity contribution in [2.75, 3.05) is 73.0 Å². The van der Waals surface area contributed by atoms with Crippen molar-refractivity contribution in [3.05, 3.63) is 100 Å². The zero-order chi connectivity index (χ0) is 78.3. The minimum absolute atomic E-state index is 0.117. The van der Waals surface area contributed by atoms with E-state index in [0.29, 0.717) is 28.6 Å². The quantitative estimate of drug-likeness (QED) is 0.0783. The number of likely N-dealkylation sites (N-methyl/N-ethyl adjacent to an activating group) is 2. The van der Waals surface area contributed by atoms with E-state index in [1.165, 1.54) is 38.5 Å². The average molecular weight is 1540 g/mol. The van der Waals surface area contributed by atoms with Crippen molar-refractivity contribution in [1.29, 1.82) is 0 Å². The molecular formula is C84H106BBrN10O12. The van der Waals surface area contributed by atoms with Crippen LogP contribution in [-0.4, -0.2) is 160 Å². The molecular weight excluding hydrogens is 1430 g/mol. The summed E-state index contributed by atoms with van der Waals surface area (Å²) in [6, 6.07) is 15.4. The predicted octanol–water partition coefficient (Wildman–Crippen LogP) is 16.3. The van der Waals surface area contributed by atoms with E-state index in [-0.39, 0.29) is 45.5 Å². The Bertz CT molecular complexity index is 4510. The summed E-state index contributed by atoms with van der Waals surface area (Å²) in [4.78, 5) is 108. The summed E-state index contributed by atoms with van der Waals surface area (Å²) in [5.41, 5.74) is 4.07. The minimum atomic E-state index is -0.883. The number of ether oxygens (including phenoxy) is 4. The fourth-order valence-corrected chi connectivity index (χ4v) is 15.0. The monoisotopic (exact) mass is 1540 g/mol. The van der Waals surface area contributed by atoms with Crippen LogP contribution >= 0.6 is 15.9 Å². The predicted molar refractivity (Wildman–Crippen MR) is 426 cm³/mol. The summed E-state index contributed by atoms with van der Waals surface area (Å²) in [5.74, 6) is 12.9. The van der Waals surface area contributed by atoms with Gasteiger partial charge in [0.15, 0.2) is 0 Å². The molecule has 108 heavy (non-hydrogen) atoms. The van der Waals surface area contributed by atoms with Gasteiger partial charge in [-0.3, -0.25) is 19.6 Å². The van der Waals surface area contributed by atoms with Crippen molar-refractivity contribution in [1.82, 2.24) is 29.7 Å². The smallest absolute Gasteiger partial charge is 0.443 e. The lowest BCUT2D eigenvalue weighted by Crippen LogP contribution is -2.44. The molecule has 2 aromatic carbocycles. The number of benzene rings is 2. The van der Waals surface area contributed by atoms with Crippen molar-refractivity contribution >= 4 is 109 Å². The molecule has 5 aliphatic heterocycles. The average Bonchev–Trinajstić information content (AvgIpc) is 1.55. The normalized spacial score (nSPS) is 18.4. The molecule has 6 aromatic rings. The topological polar surface area (TPSA) is 229 Å². The molecule has 0 bridgehead atoms. The largest absolute Gasteiger partial charge is 0.494 e. The second-order valence-electron chi connectivity index (χ2n) is 34.3. The number of amides is 6. The molecule has 9 heterocycles. The molecule has 22 nitrogen and oxygen atoms in total. The van der Waals surface area contributed by atoms with Gasteiger partial charge in [-0.2, -0.15) is 9.80 Å². The first-order valence-electron chi connectivity index (χ1n) is 38.1. The Balaban J connectivity index is 0.000000170. The van der Waals surface area contributed by atoms with Gasteiger partial charge in [-0.05, 0) is 257 Å². The number of pyridine rings is 4. The highest BCUT2D eigenvalue weighted by Gasteiger charge is 2.57. The molecule has 24 heteroatoms. The van der Waals surface area contributed by atoms with Crippen LogP contribution in [0, 0.1) is 23.7 Å². The van der Waals surface area contributed by atoms with Crippen LogP contribution in [-0.2, 0) is 48.7 Å². The summed E-state index contributed by atoms with van der Waals surface area (Å²) in [5, 5.41) is 1.96. The van der Waals surface area contributed by atoms with Crippen LogP contribution in [0.4, 0.5) is 41.9 Å². The summed E-state index contributed by atoms with van der Waals surface area (Å²) in [6.07, 6.45) is 17.7. The highest BCUT2D eigenvalue weighted by molar-refractivity contribution is 9.10. The minimum Gasteiger partial charge on any atom is -0.443 e. The van der Waals surface area contributed by atoms with E-state index in [0.717, 1.165) is 143 Å². The maximum absolute atomic E-state index is 13.8. The van der Waals surface area contributed by atoms with Gasteiger partial charge in [0, 0.05) is 84.4 Å². The van der Waals surface area contributed by atoms with Crippen LogP contribution in [0.5, 0.6) is 0 Å². The lowest BCUT2D eigenvalue weighted by atomic mass is 9.64. The number of piperidine rings is 2. The molecule has 0 radical (unpaired) electrons. The van der Waals surface area contributed by atoms with Crippen molar-refractivity contribution in [2.24, 2.45) is 0 Å². The Morgan fingerprint density at radius 1 is 0.500 bits per heavy atom. The second-order valence-corrected chi connectivity index (χ2v) is 35.3. The van der Waals surface area contributed by atoms with Gasteiger partial charge in [0.2, 0.25) is 11.8 Å². The molecule has 4 aromatic heterocycles. The number of hydrogen-bond donors (Lipinski definition) is 0. The molecule has 6 amide bonds. The molecule has 2 aliphatic carbocycles. The Morgan fingerprint density at radius 2 is 0.889 bits per heavy atom. The molecule has 2 saturated carbocycles. The Labute approximate surface area is 645 Å². The molecule has 574 valence electrons. The first kappa shape index (κ1) is 80.5. The SMILES string of the molecule is CC(C)(C)OC(=O)N(C(=O)OC(C)(C)C)c1cc(Br)cnc1C#CCCN1CCCCC1.CN1C(=O)C2(CCC2)c2c1cnc1ccc(-c3cnc(C#CCCN4CCCCC4)c(N(C(=O)OC(C)(C)C)C(=O)OC(C)(C)C)c3)cc21.CN1C(=O)C2(CCC2)c2c1cnc1ccc(B3OC(C)(C)C(C)(C)O3)cc21. The van der Waals surface area contributed by atoms with Gasteiger partial charge < -0.3 is 47.9 Å². The fraction of sp³-hybridized carbons (Fsp3) is 0.548. The number of hydrogen-bond acceptors (Lipinski definition) is 18. The highest BCUT2D eigenvalue weighted by Crippen LogP contribution is 2.57. The van der Waals surface area contributed by atoms with E-state index in [2.05, 4.69) is 98.1 Å². The number of carbonyl (C=O) groups excluding carboxylic acids is 6. The van der Waals surface area contributed by atoms with Crippen molar-refractivity contribution in [3.63, 3.8) is 0 Å². The molecule has 13 rings (SSSR count). The van der Waals surface area contributed by atoms with Crippen molar-refractivity contribution in [2.45, 2.75) is 245 Å². The number of aromatic nitrogens is 4. The van der Waals surface area contributed by atoms with Crippen molar-refractivity contribution < 1.29 is 57.0 Å². The first-order valence-corrected chi connectivity index (χ1v) is 38.9. The zero-order valence-electron chi connectivity index (χ0n) is 66.4. The number of anilines is 4. The Kier molecular flexibility index (Phi) is 23.4. The van der Waals surface area contributed by atoms with E-state index in [9.17, 15) is 28.8 Å². The number of rotatable bonds is 8. The van der Waals surface area contributed by atoms with E-state index < -0.39 is 59.3 Å². The lowest BCUT2D eigenvalue weighted by Gasteiger charge is -2.37. The number of halogens is 1.